The predicted molar refractivity (Wildman–Crippen MR) is 94.0 cm³/mol. The Hall–Kier alpha value is -1.02. The van der Waals surface area contributed by atoms with E-state index in [0.29, 0.717) is 5.92 Å². The van der Waals surface area contributed by atoms with Gasteiger partial charge in [-0.1, -0.05) is 26.8 Å². The van der Waals surface area contributed by atoms with E-state index < -0.39 is 0 Å². The van der Waals surface area contributed by atoms with E-state index in [9.17, 15) is 0 Å². The number of hydrogen-bond acceptors (Lipinski definition) is 1. The summed E-state index contributed by atoms with van der Waals surface area (Å²) in [6.45, 7) is 13.9. The quantitative estimate of drug-likeness (QED) is 0.760. The SMILES string of the molecule is Cc1cc(OCCCC[NH+]2CCC[C@@H](C)C2)cc(C(C)C)c1. The number of unbranched alkanes of at least 4 members (excludes halogenated alkanes) is 1. The minimum Gasteiger partial charge on any atom is -0.494 e. The van der Waals surface area contributed by atoms with Crippen molar-refractivity contribution in [3.8, 4) is 5.75 Å². The molecule has 1 aromatic rings. The molecule has 0 amide bonds. The van der Waals surface area contributed by atoms with Gasteiger partial charge < -0.3 is 9.64 Å². The van der Waals surface area contributed by atoms with Crippen molar-refractivity contribution in [1.82, 2.24) is 0 Å². The van der Waals surface area contributed by atoms with Gasteiger partial charge in [-0.2, -0.15) is 0 Å². The second-order valence-electron chi connectivity index (χ2n) is 7.49. The van der Waals surface area contributed by atoms with Gasteiger partial charge in [0.15, 0.2) is 0 Å². The first kappa shape index (κ1) is 17.3. The minimum atomic E-state index is 0.562. The number of piperidine rings is 1. The van der Waals surface area contributed by atoms with Crippen molar-refractivity contribution in [2.75, 3.05) is 26.2 Å². The van der Waals surface area contributed by atoms with Crippen LogP contribution in [0.2, 0.25) is 0 Å². The van der Waals surface area contributed by atoms with Gasteiger partial charge in [0.05, 0.1) is 26.2 Å². The average Bonchev–Trinajstić information content (AvgIpc) is 2.46. The number of hydrogen-bond donors (Lipinski definition) is 1. The molecule has 1 aliphatic heterocycles. The van der Waals surface area contributed by atoms with Crippen LogP contribution in [0.1, 0.15) is 63.5 Å². The van der Waals surface area contributed by atoms with Crippen molar-refractivity contribution in [2.24, 2.45) is 5.92 Å². The third kappa shape index (κ3) is 5.64. The Balaban J connectivity index is 1.68. The third-order valence-corrected chi connectivity index (χ3v) is 4.80. The largest absolute Gasteiger partial charge is 0.494 e. The number of benzene rings is 1. The van der Waals surface area contributed by atoms with Crippen molar-refractivity contribution in [3.63, 3.8) is 0 Å². The standard InChI is InChI=1S/C20H33NO/c1-16(2)19-12-18(4)13-20(14-19)22-11-6-5-9-21-10-7-8-17(3)15-21/h12-14,16-17H,5-11,15H2,1-4H3/p+1/t17-/m1/s1. The fourth-order valence-electron chi connectivity index (χ4n) is 3.48. The highest BCUT2D eigenvalue weighted by Crippen LogP contribution is 2.22. The zero-order chi connectivity index (χ0) is 15.9. The van der Waals surface area contributed by atoms with Gasteiger partial charge >= 0.3 is 0 Å². The summed E-state index contributed by atoms with van der Waals surface area (Å²) in [6, 6.07) is 6.62. The molecular weight excluding hydrogens is 270 g/mol. The van der Waals surface area contributed by atoms with Gasteiger partial charge in [0.25, 0.3) is 0 Å². The molecule has 0 aromatic heterocycles. The van der Waals surface area contributed by atoms with Crippen molar-refractivity contribution in [2.45, 2.75) is 59.3 Å². The van der Waals surface area contributed by atoms with E-state index in [0.717, 1.165) is 18.3 Å². The molecule has 0 saturated carbocycles. The fraction of sp³-hybridized carbons (Fsp3) is 0.700. The molecule has 2 rings (SSSR count). The predicted octanol–water partition coefficient (Wildman–Crippen LogP) is 3.59. The lowest BCUT2D eigenvalue weighted by atomic mass is 10.0. The Bertz CT molecular complexity index is 455. The van der Waals surface area contributed by atoms with E-state index in [1.807, 2.05) is 0 Å². The fourth-order valence-corrected chi connectivity index (χ4v) is 3.48. The van der Waals surface area contributed by atoms with Gasteiger partial charge in [0.2, 0.25) is 0 Å². The van der Waals surface area contributed by atoms with Crippen LogP contribution in [0.25, 0.3) is 0 Å². The highest BCUT2D eigenvalue weighted by molar-refractivity contribution is 5.35. The molecule has 1 fully saturated rings. The number of rotatable bonds is 7. The Morgan fingerprint density at radius 2 is 2.05 bits per heavy atom. The summed E-state index contributed by atoms with van der Waals surface area (Å²) in [5, 5.41) is 0. The molecule has 0 radical (unpaired) electrons. The van der Waals surface area contributed by atoms with E-state index in [4.69, 9.17) is 4.74 Å². The molecule has 2 heteroatoms. The lowest BCUT2D eigenvalue weighted by molar-refractivity contribution is -0.908. The molecule has 124 valence electrons. The summed E-state index contributed by atoms with van der Waals surface area (Å²) >= 11 is 0. The summed E-state index contributed by atoms with van der Waals surface area (Å²) in [7, 11) is 0. The van der Waals surface area contributed by atoms with Crippen LogP contribution >= 0.6 is 0 Å². The summed E-state index contributed by atoms with van der Waals surface area (Å²) in [5.41, 5.74) is 2.68. The maximum Gasteiger partial charge on any atom is 0.119 e. The normalized spacial score (nSPS) is 22.0. The van der Waals surface area contributed by atoms with E-state index in [1.165, 1.54) is 56.4 Å². The van der Waals surface area contributed by atoms with Crippen LogP contribution in [0.3, 0.4) is 0 Å². The Morgan fingerprint density at radius 3 is 2.77 bits per heavy atom. The molecule has 0 bridgehead atoms. The Labute approximate surface area is 136 Å². The second-order valence-corrected chi connectivity index (χ2v) is 7.49. The van der Waals surface area contributed by atoms with Gasteiger partial charge in [-0.05, 0) is 61.8 Å². The van der Waals surface area contributed by atoms with Crippen molar-refractivity contribution in [3.05, 3.63) is 29.3 Å². The maximum atomic E-state index is 5.98. The van der Waals surface area contributed by atoms with Gasteiger partial charge in [-0.3, -0.25) is 0 Å². The molecule has 1 N–H and O–H groups in total. The van der Waals surface area contributed by atoms with Crippen LogP contribution in [-0.2, 0) is 0 Å². The minimum absolute atomic E-state index is 0.562. The van der Waals surface area contributed by atoms with Crippen molar-refractivity contribution < 1.29 is 9.64 Å². The number of likely N-dealkylation sites (tertiary alicyclic amines) is 1. The lowest BCUT2D eigenvalue weighted by Gasteiger charge is -2.27. The molecule has 0 aliphatic carbocycles. The first-order valence-electron chi connectivity index (χ1n) is 9.12. The number of aryl methyl sites for hydroxylation is 1. The zero-order valence-corrected chi connectivity index (χ0v) is 15.0. The summed E-state index contributed by atoms with van der Waals surface area (Å²) in [4.78, 5) is 1.80. The van der Waals surface area contributed by atoms with E-state index >= 15 is 0 Å². The molecule has 22 heavy (non-hydrogen) atoms. The summed E-state index contributed by atoms with van der Waals surface area (Å²) in [5.74, 6) is 2.52. The molecule has 1 aromatic carbocycles. The van der Waals surface area contributed by atoms with Crippen molar-refractivity contribution in [1.29, 1.82) is 0 Å². The molecule has 1 aliphatic rings. The van der Waals surface area contributed by atoms with Crippen LogP contribution in [0.5, 0.6) is 5.75 Å². The maximum absolute atomic E-state index is 5.98. The van der Waals surface area contributed by atoms with Gasteiger partial charge in [-0.25, -0.2) is 0 Å². The average molecular weight is 304 g/mol. The van der Waals surface area contributed by atoms with Crippen molar-refractivity contribution >= 4 is 0 Å². The van der Waals surface area contributed by atoms with Gasteiger partial charge in [0, 0.05) is 5.92 Å². The topological polar surface area (TPSA) is 13.7 Å². The molecular formula is C20H34NO+. The molecule has 0 spiro atoms. The lowest BCUT2D eigenvalue weighted by Crippen LogP contribution is -3.13. The summed E-state index contributed by atoms with van der Waals surface area (Å²) in [6.07, 6.45) is 5.29. The van der Waals surface area contributed by atoms with E-state index in [1.54, 1.807) is 4.90 Å². The molecule has 2 atom stereocenters. The first-order chi connectivity index (χ1) is 10.5. The van der Waals surface area contributed by atoms with Crippen LogP contribution in [-0.4, -0.2) is 26.2 Å². The number of ether oxygens (including phenoxy) is 1. The molecule has 1 heterocycles. The Kier molecular flexibility index (Phi) is 6.75. The third-order valence-electron chi connectivity index (χ3n) is 4.80. The highest BCUT2D eigenvalue weighted by Gasteiger charge is 2.18. The zero-order valence-electron chi connectivity index (χ0n) is 15.0. The van der Waals surface area contributed by atoms with Crippen LogP contribution in [0.15, 0.2) is 18.2 Å². The molecule has 1 unspecified atom stereocenters. The smallest absolute Gasteiger partial charge is 0.119 e. The van der Waals surface area contributed by atoms with Crippen LogP contribution in [0.4, 0.5) is 0 Å². The Morgan fingerprint density at radius 1 is 1.23 bits per heavy atom. The first-order valence-corrected chi connectivity index (χ1v) is 9.12. The number of nitrogens with one attached hydrogen (secondary N) is 1. The monoisotopic (exact) mass is 304 g/mol. The number of quaternary nitrogens is 1. The molecule has 2 nitrogen and oxygen atoms in total. The van der Waals surface area contributed by atoms with E-state index in [2.05, 4.69) is 45.9 Å². The highest BCUT2D eigenvalue weighted by atomic mass is 16.5. The molecule has 1 saturated heterocycles. The van der Waals surface area contributed by atoms with Gasteiger partial charge in [0.1, 0.15) is 5.75 Å². The van der Waals surface area contributed by atoms with Crippen LogP contribution in [0, 0.1) is 12.8 Å². The van der Waals surface area contributed by atoms with Crippen LogP contribution < -0.4 is 9.64 Å². The van der Waals surface area contributed by atoms with Gasteiger partial charge in [-0.15, -0.1) is 0 Å². The summed E-state index contributed by atoms with van der Waals surface area (Å²) < 4.78 is 5.98. The second kappa shape index (κ2) is 8.57. The van der Waals surface area contributed by atoms with E-state index in [-0.39, 0.29) is 0 Å².